The number of hydrogen-bond acceptors (Lipinski definition) is 3. The molecule has 1 amide bonds. The van der Waals surface area contributed by atoms with Gasteiger partial charge >= 0.3 is 0 Å². The Kier molecular flexibility index (Phi) is 3.28. The first-order valence-corrected chi connectivity index (χ1v) is 6.40. The van der Waals surface area contributed by atoms with Crippen molar-refractivity contribution in [3.63, 3.8) is 0 Å². The summed E-state index contributed by atoms with van der Waals surface area (Å²) in [5.41, 5.74) is 1.24. The van der Waals surface area contributed by atoms with E-state index in [1.807, 2.05) is 12.1 Å². The van der Waals surface area contributed by atoms with E-state index in [4.69, 9.17) is 10.00 Å². The van der Waals surface area contributed by atoms with Crippen LogP contribution < -0.4 is 9.64 Å². The third-order valence-corrected chi connectivity index (χ3v) is 3.32. The van der Waals surface area contributed by atoms with Crippen molar-refractivity contribution in [3.8, 4) is 11.8 Å². The van der Waals surface area contributed by atoms with Gasteiger partial charge in [0.1, 0.15) is 11.6 Å². The summed E-state index contributed by atoms with van der Waals surface area (Å²) in [5, 5.41) is 8.75. The van der Waals surface area contributed by atoms with Crippen LogP contribution in [0.1, 0.15) is 11.1 Å². The van der Waals surface area contributed by atoms with Gasteiger partial charge < -0.3 is 9.64 Å². The summed E-state index contributed by atoms with van der Waals surface area (Å²) in [6.45, 7) is 0.0473. The van der Waals surface area contributed by atoms with Gasteiger partial charge in [-0.15, -0.1) is 0 Å². The fraction of sp³-hybridized carbons (Fsp3) is 0.125. The van der Waals surface area contributed by atoms with Crippen LogP contribution in [0.2, 0.25) is 0 Å². The van der Waals surface area contributed by atoms with Crippen LogP contribution in [0.5, 0.6) is 5.75 Å². The van der Waals surface area contributed by atoms with Gasteiger partial charge in [-0.25, -0.2) is 4.39 Å². The summed E-state index contributed by atoms with van der Waals surface area (Å²) in [6.07, 6.45) is 0. The van der Waals surface area contributed by atoms with Gasteiger partial charge in [-0.1, -0.05) is 18.2 Å². The van der Waals surface area contributed by atoms with Gasteiger partial charge in [-0.2, -0.15) is 5.26 Å². The smallest absolute Gasteiger partial charge is 0.265 e. The molecule has 0 bridgehead atoms. The summed E-state index contributed by atoms with van der Waals surface area (Å²) < 4.78 is 19.3. The molecular weight excluding hydrogens is 271 g/mol. The minimum Gasteiger partial charge on any atom is -0.482 e. The number of ether oxygens (including phenoxy) is 1. The molecule has 21 heavy (non-hydrogen) atoms. The Morgan fingerprint density at radius 3 is 2.86 bits per heavy atom. The lowest BCUT2D eigenvalue weighted by molar-refractivity contribution is -0.121. The number of nitriles is 1. The summed E-state index contributed by atoms with van der Waals surface area (Å²) in [7, 11) is 0. The van der Waals surface area contributed by atoms with Crippen molar-refractivity contribution in [1.29, 1.82) is 5.26 Å². The third kappa shape index (κ3) is 2.43. The van der Waals surface area contributed by atoms with Gasteiger partial charge in [-0.3, -0.25) is 4.79 Å². The number of amides is 1. The number of rotatable bonds is 2. The van der Waals surface area contributed by atoms with Crippen molar-refractivity contribution in [1.82, 2.24) is 0 Å². The van der Waals surface area contributed by atoms with Crippen molar-refractivity contribution >= 4 is 11.6 Å². The molecule has 4 nitrogen and oxygen atoms in total. The Balaban J connectivity index is 1.95. The Bertz CT molecular complexity index is 752. The minimum absolute atomic E-state index is 0.0606. The van der Waals surface area contributed by atoms with Crippen LogP contribution in [-0.2, 0) is 11.3 Å². The third-order valence-electron chi connectivity index (χ3n) is 3.32. The molecule has 2 aromatic carbocycles. The molecule has 0 unspecified atom stereocenters. The quantitative estimate of drug-likeness (QED) is 0.850. The molecule has 0 fully saturated rings. The van der Waals surface area contributed by atoms with Gasteiger partial charge in [0.2, 0.25) is 0 Å². The Morgan fingerprint density at radius 2 is 2.10 bits per heavy atom. The maximum atomic E-state index is 14.0. The number of carbonyl (C=O) groups is 1. The van der Waals surface area contributed by atoms with Gasteiger partial charge in [0.15, 0.2) is 6.61 Å². The Labute approximate surface area is 121 Å². The number of carbonyl (C=O) groups excluding carboxylic acids is 1. The zero-order valence-electron chi connectivity index (χ0n) is 11.0. The maximum Gasteiger partial charge on any atom is 0.265 e. The number of halogens is 1. The highest BCUT2D eigenvalue weighted by atomic mass is 19.1. The lowest BCUT2D eigenvalue weighted by Gasteiger charge is -2.29. The molecule has 104 valence electrons. The largest absolute Gasteiger partial charge is 0.482 e. The molecule has 5 heteroatoms. The fourth-order valence-electron chi connectivity index (χ4n) is 2.24. The summed E-state index contributed by atoms with van der Waals surface area (Å²) in [4.78, 5) is 13.5. The molecule has 0 N–H and O–H groups in total. The van der Waals surface area contributed by atoms with Crippen molar-refractivity contribution in [2.45, 2.75) is 6.54 Å². The first-order valence-electron chi connectivity index (χ1n) is 6.40. The number of nitrogens with zero attached hydrogens (tertiary/aromatic N) is 2. The molecule has 0 aliphatic carbocycles. The summed E-state index contributed by atoms with van der Waals surface area (Å²) >= 11 is 0. The van der Waals surface area contributed by atoms with Crippen LogP contribution in [-0.4, -0.2) is 12.5 Å². The van der Waals surface area contributed by atoms with E-state index in [0.717, 1.165) is 0 Å². The predicted molar refractivity (Wildman–Crippen MR) is 74.2 cm³/mol. The van der Waals surface area contributed by atoms with Crippen LogP contribution >= 0.6 is 0 Å². The molecule has 1 aliphatic rings. The number of benzene rings is 2. The van der Waals surface area contributed by atoms with Crippen molar-refractivity contribution in [2.75, 3.05) is 11.5 Å². The van der Waals surface area contributed by atoms with E-state index in [1.54, 1.807) is 18.2 Å². The lowest BCUT2D eigenvalue weighted by Crippen LogP contribution is -2.38. The number of hydrogen-bond donors (Lipinski definition) is 0. The van der Waals surface area contributed by atoms with E-state index in [1.165, 1.54) is 23.1 Å². The van der Waals surface area contributed by atoms with Crippen LogP contribution in [0.25, 0.3) is 0 Å². The minimum atomic E-state index is -0.495. The second-order valence-electron chi connectivity index (χ2n) is 4.65. The van der Waals surface area contributed by atoms with E-state index in [-0.39, 0.29) is 24.6 Å². The standard InChI is InChI=1S/C16H11FN2O2/c17-13-7-11(8-18)5-6-12(13)9-19-14-3-1-2-4-15(14)21-10-16(19)20/h1-7H,9-10H2. The molecular formula is C16H11FN2O2. The van der Waals surface area contributed by atoms with E-state index >= 15 is 0 Å². The van der Waals surface area contributed by atoms with Gasteiger partial charge in [0, 0.05) is 5.56 Å². The first kappa shape index (κ1) is 13.1. The number of para-hydroxylation sites is 2. The molecule has 0 saturated carbocycles. The zero-order chi connectivity index (χ0) is 14.8. The average molecular weight is 282 g/mol. The van der Waals surface area contributed by atoms with Crippen LogP contribution in [0.3, 0.4) is 0 Å². The van der Waals surface area contributed by atoms with Crippen LogP contribution in [0.15, 0.2) is 42.5 Å². The molecule has 0 atom stereocenters. The second-order valence-corrected chi connectivity index (χ2v) is 4.65. The molecule has 2 aromatic rings. The molecule has 0 saturated heterocycles. The lowest BCUT2D eigenvalue weighted by atomic mass is 10.1. The van der Waals surface area contributed by atoms with E-state index in [9.17, 15) is 9.18 Å². The van der Waals surface area contributed by atoms with Crippen molar-refractivity contribution in [2.24, 2.45) is 0 Å². The maximum absolute atomic E-state index is 14.0. The Hall–Kier alpha value is -2.87. The van der Waals surface area contributed by atoms with E-state index in [0.29, 0.717) is 17.0 Å². The van der Waals surface area contributed by atoms with Gasteiger partial charge in [0.05, 0.1) is 23.9 Å². The van der Waals surface area contributed by atoms with Crippen LogP contribution in [0, 0.1) is 17.1 Å². The molecule has 0 aromatic heterocycles. The topological polar surface area (TPSA) is 53.3 Å². The molecule has 1 aliphatic heterocycles. The van der Waals surface area contributed by atoms with Crippen molar-refractivity contribution < 1.29 is 13.9 Å². The zero-order valence-corrected chi connectivity index (χ0v) is 11.0. The molecule has 1 heterocycles. The normalized spacial score (nSPS) is 13.3. The average Bonchev–Trinajstić information content (AvgIpc) is 2.51. The molecule has 0 spiro atoms. The van der Waals surface area contributed by atoms with E-state index < -0.39 is 5.82 Å². The summed E-state index contributed by atoms with van der Waals surface area (Å²) in [5.74, 6) is -0.116. The SMILES string of the molecule is N#Cc1ccc(CN2C(=O)COc3ccccc32)c(F)c1. The molecule has 3 rings (SSSR count). The fourth-order valence-corrected chi connectivity index (χ4v) is 2.24. The Morgan fingerprint density at radius 1 is 1.29 bits per heavy atom. The predicted octanol–water partition coefficient (Wildman–Crippen LogP) is 2.62. The molecule has 0 radical (unpaired) electrons. The number of fused-ring (bicyclic) bond motifs is 1. The second kappa shape index (κ2) is 5.25. The summed E-state index contributed by atoms with van der Waals surface area (Å²) in [6, 6.07) is 13.3. The van der Waals surface area contributed by atoms with E-state index in [2.05, 4.69) is 0 Å². The first-order chi connectivity index (χ1) is 10.2. The highest BCUT2D eigenvalue weighted by molar-refractivity contribution is 5.97. The highest BCUT2D eigenvalue weighted by Crippen LogP contribution is 2.32. The highest BCUT2D eigenvalue weighted by Gasteiger charge is 2.25. The number of anilines is 1. The van der Waals surface area contributed by atoms with Crippen molar-refractivity contribution in [3.05, 3.63) is 59.4 Å². The van der Waals surface area contributed by atoms with Gasteiger partial charge in [-0.05, 0) is 24.3 Å². The monoisotopic (exact) mass is 282 g/mol. The van der Waals surface area contributed by atoms with Gasteiger partial charge in [0.25, 0.3) is 5.91 Å². The van der Waals surface area contributed by atoms with Crippen LogP contribution in [0.4, 0.5) is 10.1 Å².